The number of hydrogen-bond donors (Lipinski definition) is 2. The van der Waals surface area contributed by atoms with Crippen LogP contribution in [0.5, 0.6) is 0 Å². The number of hydrogen-bond acceptors (Lipinski definition) is 5. The highest BCUT2D eigenvalue weighted by Gasteiger charge is 2.28. The van der Waals surface area contributed by atoms with Crippen molar-refractivity contribution in [2.75, 3.05) is 23.8 Å². The van der Waals surface area contributed by atoms with Crippen LogP contribution in [0.2, 0.25) is 10.0 Å². The molecule has 2 N–H and O–H groups in total. The number of ether oxygens (including phenoxy) is 1. The first-order valence-electron chi connectivity index (χ1n) is 11.4. The van der Waals surface area contributed by atoms with Crippen molar-refractivity contribution in [3.63, 3.8) is 0 Å². The van der Waals surface area contributed by atoms with E-state index in [1.54, 1.807) is 6.20 Å². The molecule has 0 amide bonds. The van der Waals surface area contributed by atoms with Gasteiger partial charge in [-0.3, -0.25) is 0 Å². The second-order valence-electron chi connectivity index (χ2n) is 9.40. The minimum absolute atomic E-state index is 0.0600. The van der Waals surface area contributed by atoms with E-state index in [2.05, 4.69) is 29.5 Å². The number of anilines is 2. The molecule has 1 saturated carbocycles. The van der Waals surface area contributed by atoms with Gasteiger partial charge in [-0.25, -0.2) is 9.97 Å². The van der Waals surface area contributed by atoms with Crippen molar-refractivity contribution < 1.29 is 4.74 Å². The van der Waals surface area contributed by atoms with E-state index in [1.807, 2.05) is 18.2 Å². The third kappa shape index (κ3) is 6.03. The number of nitrogens with one attached hydrogen (secondary N) is 2. The third-order valence-corrected chi connectivity index (χ3v) is 6.89. The zero-order valence-electron chi connectivity index (χ0n) is 18.4. The number of aromatic nitrogens is 2. The van der Waals surface area contributed by atoms with Gasteiger partial charge in [-0.15, -0.1) is 0 Å². The Labute approximate surface area is 195 Å². The highest BCUT2D eigenvalue weighted by Crippen LogP contribution is 2.35. The van der Waals surface area contributed by atoms with Crippen LogP contribution in [0.4, 0.5) is 11.6 Å². The Bertz CT molecular complexity index is 899. The Morgan fingerprint density at radius 1 is 1.06 bits per heavy atom. The Balaban J connectivity index is 1.49. The first-order chi connectivity index (χ1) is 14.9. The summed E-state index contributed by atoms with van der Waals surface area (Å²) in [4.78, 5) is 9.28. The fourth-order valence-corrected chi connectivity index (χ4v) is 5.07. The van der Waals surface area contributed by atoms with E-state index < -0.39 is 0 Å². The van der Waals surface area contributed by atoms with E-state index in [9.17, 15) is 0 Å². The second-order valence-corrected chi connectivity index (χ2v) is 10.2. The van der Waals surface area contributed by atoms with Crippen LogP contribution in [0.15, 0.2) is 24.4 Å². The molecule has 1 atom stereocenters. The largest absolute Gasteiger partial charge is 0.376 e. The maximum absolute atomic E-state index is 6.53. The van der Waals surface area contributed by atoms with Gasteiger partial charge in [0.2, 0.25) is 0 Å². The van der Waals surface area contributed by atoms with Gasteiger partial charge in [0.1, 0.15) is 11.6 Å². The standard InChI is InChI=1S/C24H32Cl2N4O/c1-24(2)13-16(10-11-31-24)14-27-21-9-8-19(25)23(30-21)18-12-22(28-15-20(18)26)29-17-6-4-3-5-7-17/h8-9,12,15-17H,3-7,10-11,13-14H2,1-2H3,(H,27,30)(H,28,29). The third-order valence-electron chi connectivity index (χ3n) is 6.28. The summed E-state index contributed by atoms with van der Waals surface area (Å²) in [6.07, 6.45) is 10.00. The molecule has 168 valence electrons. The maximum Gasteiger partial charge on any atom is 0.126 e. The lowest BCUT2D eigenvalue weighted by Gasteiger charge is -2.35. The van der Waals surface area contributed by atoms with Gasteiger partial charge in [-0.05, 0) is 63.6 Å². The van der Waals surface area contributed by atoms with E-state index in [0.29, 0.717) is 27.7 Å². The summed E-state index contributed by atoms with van der Waals surface area (Å²) in [5, 5.41) is 8.18. The Kier molecular flexibility index (Phi) is 7.25. The van der Waals surface area contributed by atoms with Gasteiger partial charge in [-0.1, -0.05) is 42.5 Å². The molecule has 31 heavy (non-hydrogen) atoms. The first-order valence-corrected chi connectivity index (χ1v) is 12.1. The lowest BCUT2D eigenvalue weighted by Crippen LogP contribution is -2.36. The van der Waals surface area contributed by atoms with Crippen LogP contribution < -0.4 is 10.6 Å². The number of pyridine rings is 2. The van der Waals surface area contributed by atoms with Crippen molar-refractivity contribution >= 4 is 34.8 Å². The molecule has 1 saturated heterocycles. The lowest BCUT2D eigenvalue weighted by molar-refractivity contribution is -0.0699. The summed E-state index contributed by atoms with van der Waals surface area (Å²) in [7, 11) is 0. The minimum Gasteiger partial charge on any atom is -0.376 e. The van der Waals surface area contributed by atoms with Crippen LogP contribution >= 0.6 is 23.2 Å². The van der Waals surface area contributed by atoms with Crippen molar-refractivity contribution in [1.82, 2.24) is 9.97 Å². The van der Waals surface area contributed by atoms with Gasteiger partial charge in [0.15, 0.2) is 0 Å². The monoisotopic (exact) mass is 462 g/mol. The fraction of sp³-hybridized carbons (Fsp3) is 0.583. The predicted molar refractivity (Wildman–Crippen MR) is 129 cm³/mol. The van der Waals surface area contributed by atoms with Crippen molar-refractivity contribution in [1.29, 1.82) is 0 Å². The lowest BCUT2D eigenvalue weighted by atomic mass is 9.88. The molecular formula is C24H32Cl2N4O. The van der Waals surface area contributed by atoms with Gasteiger partial charge in [0, 0.05) is 31.0 Å². The second kappa shape index (κ2) is 9.93. The van der Waals surface area contributed by atoms with Crippen LogP contribution in [0.3, 0.4) is 0 Å². The maximum atomic E-state index is 6.53. The summed E-state index contributed by atoms with van der Waals surface area (Å²) in [6.45, 7) is 5.98. The van der Waals surface area contributed by atoms with E-state index >= 15 is 0 Å². The molecule has 0 radical (unpaired) electrons. The number of nitrogens with zero attached hydrogens (tertiary/aromatic N) is 2. The van der Waals surface area contributed by atoms with Gasteiger partial charge >= 0.3 is 0 Å². The van der Waals surface area contributed by atoms with Crippen molar-refractivity contribution in [2.45, 2.75) is 70.4 Å². The van der Waals surface area contributed by atoms with E-state index in [4.69, 9.17) is 32.9 Å². The normalized spacial score (nSPS) is 21.6. The molecule has 4 rings (SSSR count). The summed E-state index contributed by atoms with van der Waals surface area (Å²) < 4.78 is 5.83. The number of halogens is 2. The zero-order chi connectivity index (χ0) is 21.8. The first kappa shape index (κ1) is 22.6. The van der Waals surface area contributed by atoms with Gasteiger partial charge < -0.3 is 15.4 Å². The molecular weight excluding hydrogens is 431 g/mol. The molecule has 7 heteroatoms. The van der Waals surface area contributed by atoms with E-state index in [0.717, 1.165) is 43.2 Å². The van der Waals surface area contributed by atoms with Crippen molar-refractivity contribution in [3.05, 3.63) is 34.4 Å². The minimum atomic E-state index is -0.0600. The quantitative estimate of drug-likeness (QED) is 0.493. The summed E-state index contributed by atoms with van der Waals surface area (Å²) in [5.41, 5.74) is 1.42. The average Bonchev–Trinajstić information content (AvgIpc) is 2.75. The van der Waals surface area contributed by atoms with E-state index in [-0.39, 0.29) is 5.60 Å². The van der Waals surface area contributed by atoms with E-state index in [1.165, 1.54) is 32.1 Å². The summed E-state index contributed by atoms with van der Waals surface area (Å²) >= 11 is 13.0. The van der Waals surface area contributed by atoms with Crippen LogP contribution in [-0.2, 0) is 4.74 Å². The molecule has 0 spiro atoms. The number of rotatable bonds is 6. The molecule has 0 bridgehead atoms. The molecule has 1 unspecified atom stereocenters. The zero-order valence-corrected chi connectivity index (χ0v) is 19.9. The highest BCUT2D eigenvalue weighted by atomic mass is 35.5. The molecule has 2 aromatic heterocycles. The smallest absolute Gasteiger partial charge is 0.126 e. The molecule has 2 aliphatic rings. The van der Waals surface area contributed by atoms with Crippen LogP contribution in [0, 0.1) is 5.92 Å². The SMILES string of the molecule is CC1(C)CC(CNc2ccc(Cl)c(-c3cc(NC4CCCCC4)ncc3Cl)n2)CCO1. The molecule has 1 aliphatic heterocycles. The predicted octanol–water partition coefficient (Wildman–Crippen LogP) is 6.81. The Morgan fingerprint density at radius 3 is 2.65 bits per heavy atom. The average molecular weight is 463 g/mol. The molecule has 3 heterocycles. The molecule has 1 aliphatic carbocycles. The molecule has 0 aromatic carbocycles. The van der Waals surface area contributed by atoms with Gasteiger partial charge in [-0.2, -0.15) is 0 Å². The summed E-state index contributed by atoms with van der Waals surface area (Å²) in [6, 6.07) is 6.24. The Morgan fingerprint density at radius 2 is 1.87 bits per heavy atom. The van der Waals surface area contributed by atoms with Gasteiger partial charge in [0.05, 0.1) is 21.3 Å². The van der Waals surface area contributed by atoms with Gasteiger partial charge in [0.25, 0.3) is 0 Å². The molecule has 2 fully saturated rings. The molecule has 5 nitrogen and oxygen atoms in total. The highest BCUT2D eigenvalue weighted by molar-refractivity contribution is 6.36. The van der Waals surface area contributed by atoms with Crippen LogP contribution in [0.25, 0.3) is 11.3 Å². The van der Waals surface area contributed by atoms with Crippen LogP contribution in [-0.4, -0.2) is 34.8 Å². The fourth-order valence-electron chi connectivity index (χ4n) is 4.67. The van der Waals surface area contributed by atoms with Crippen molar-refractivity contribution in [3.8, 4) is 11.3 Å². The molecule has 2 aromatic rings. The van der Waals surface area contributed by atoms with Crippen molar-refractivity contribution in [2.24, 2.45) is 5.92 Å². The topological polar surface area (TPSA) is 59.1 Å². The Hall–Kier alpha value is -1.56. The summed E-state index contributed by atoms with van der Waals surface area (Å²) in [5.74, 6) is 2.19. The van der Waals surface area contributed by atoms with Crippen LogP contribution in [0.1, 0.15) is 58.8 Å².